The van der Waals surface area contributed by atoms with E-state index in [9.17, 15) is 0 Å². The Labute approximate surface area is 155 Å². The molecule has 0 bridgehead atoms. The lowest BCUT2D eigenvalue weighted by molar-refractivity contribution is -0.0496. The van der Waals surface area contributed by atoms with Crippen molar-refractivity contribution in [1.29, 1.82) is 0 Å². The van der Waals surface area contributed by atoms with Crippen LogP contribution in [0, 0.1) is 40.4 Å². The van der Waals surface area contributed by atoms with E-state index in [4.69, 9.17) is 5.73 Å². The molecule has 4 fully saturated rings. The molecule has 7 unspecified atom stereocenters. The van der Waals surface area contributed by atoms with Crippen molar-refractivity contribution in [2.24, 2.45) is 46.2 Å². The number of nitrogens with two attached hydrogens (primary N) is 1. The highest BCUT2D eigenvalue weighted by Crippen LogP contribution is 2.70. The first-order valence-corrected chi connectivity index (χ1v) is 11.6. The fourth-order valence-electron chi connectivity index (χ4n) is 8.89. The second-order valence-corrected chi connectivity index (χ2v) is 10.8. The van der Waals surface area contributed by atoms with Gasteiger partial charge in [-0.1, -0.05) is 31.9 Å². The molecule has 7 atom stereocenters. The normalized spacial score (nSPS) is 51.4. The van der Waals surface area contributed by atoms with Crippen LogP contribution in [0.15, 0.2) is 12.2 Å². The molecule has 1 spiro atoms. The van der Waals surface area contributed by atoms with Gasteiger partial charge >= 0.3 is 0 Å². The second-order valence-electron chi connectivity index (χ2n) is 10.8. The molecule has 1 heteroatoms. The SMILES string of the molecule is CC12CCC3C(C=CCCC4CC(N)CCC43)C1CCC21CCCC1. The second kappa shape index (κ2) is 6.11. The van der Waals surface area contributed by atoms with E-state index in [-0.39, 0.29) is 0 Å². The molecular formula is C24H39N. The third-order valence-electron chi connectivity index (χ3n) is 10.2. The number of allylic oxidation sites excluding steroid dienone is 2. The molecule has 0 aliphatic heterocycles. The van der Waals surface area contributed by atoms with Crippen molar-refractivity contribution in [3.05, 3.63) is 12.2 Å². The fourth-order valence-corrected chi connectivity index (χ4v) is 8.89. The molecule has 25 heavy (non-hydrogen) atoms. The fraction of sp³-hybridized carbons (Fsp3) is 0.917. The number of fused-ring (bicyclic) bond motifs is 6. The molecule has 0 aromatic rings. The smallest absolute Gasteiger partial charge is 0.00416 e. The van der Waals surface area contributed by atoms with Gasteiger partial charge in [0.15, 0.2) is 0 Å². The zero-order valence-corrected chi connectivity index (χ0v) is 16.4. The monoisotopic (exact) mass is 341 g/mol. The molecular weight excluding hydrogens is 302 g/mol. The van der Waals surface area contributed by atoms with E-state index in [0.29, 0.717) is 11.5 Å². The zero-order chi connectivity index (χ0) is 17.1. The molecule has 5 aliphatic carbocycles. The maximum atomic E-state index is 6.37. The van der Waals surface area contributed by atoms with Gasteiger partial charge in [0.2, 0.25) is 0 Å². The summed E-state index contributed by atoms with van der Waals surface area (Å²) in [6, 6.07) is 0.491. The van der Waals surface area contributed by atoms with Crippen molar-refractivity contribution in [2.45, 2.75) is 96.4 Å². The molecule has 2 N–H and O–H groups in total. The van der Waals surface area contributed by atoms with E-state index in [1.165, 1.54) is 64.2 Å². The maximum absolute atomic E-state index is 6.37. The van der Waals surface area contributed by atoms with E-state index in [0.717, 1.165) is 35.0 Å². The average molecular weight is 342 g/mol. The Morgan fingerprint density at radius 3 is 2.56 bits per heavy atom. The Morgan fingerprint density at radius 2 is 1.72 bits per heavy atom. The lowest BCUT2D eigenvalue weighted by Crippen LogP contribution is -2.49. The van der Waals surface area contributed by atoms with Gasteiger partial charge in [-0.3, -0.25) is 0 Å². The molecule has 0 radical (unpaired) electrons. The van der Waals surface area contributed by atoms with Crippen molar-refractivity contribution >= 4 is 0 Å². The van der Waals surface area contributed by atoms with Crippen molar-refractivity contribution in [1.82, 2.24) is 0 Å². The Hall–Kier alpha value is -0.300. The minimum Gasteiger partial charge on any atom is -0.328 e. The van der Waals surface area contributed by atoms with E-state index in [1.807, 2.05) is 0 Å². The molecule has 140 valence electrons. The van der Waals surface area contributed by atoms with Crippen LogP contribution in [0.3, 0.4) is 0 Å². The summed E-state index contributed by atoms with van der Waals surface area (Å²) >= 11 is 0. The summed E-state index contributed by atoms with van der Waals surface area (Å²) in [6.07, 6.45) is 24.3. The Balaban J connectivity index is 1.46. The van der Waals surface area contributed by atoms with Crippen LogP contribution in [0.5, 0.6) is 0 Å². The van der Waals surface area contributed by atoms with Crippen LogP contribution in [-0.4, -0.2) is 6.04 Å². The average Bonchev–Trinajstić information content (AvgIpc) is 3.17. The summed E-state index contributed by atoms with van der Waals surface area (Å²) in [5.41, 5.74) is 7.74. The molecule has 0 amide bonds. The van der Waals surface area contributed by atoms with Crippen LogP contribution in [0.1, 0.15) is 90.4 Å². The minimum atomic E-state index is 0.491. The first-order chi connectivity index (χ1) is 12.1. The molecule has 0 heterocycles. The summed E-state index contributed by atoms with van der Waals surface area (Å²) in [4.78, 5) is 0. The van der Waals surface area contributed by atoms with Gasteiger partial charge in [0.1, 0.15) is 0 Å². The van der Waals surface area contributed by atoms with Gasteiger partial charge in [0.25, 0.3) is 0 Å². The highest BCUT2D eigenvalue weighted by Gasteiger charge is 2.62. The summed E-state index contributed by atoms with van der Waals surface area (Å²) in [5.74, 6) is 4.76. The number of rotatable bonds is 0. The van der Waals surface area contributed by atoms with Gasteiger partial charge in [-0.15, -0.1) is 0 Å². The quantitative estimate of drug-likeness (QED) is 0.531. The predicted molar refractivity (Wildman–Crippen MR) is 105 cm³/mol. The van der Waals surface area contributed by atoms with Gasteiger partial charge in [-0.05, 0) is 111 Å². The maximum Gasteiger partial charge on any atom is 0.00416 e. The van der Waals surface area contributed by atoms with Crippen LogP contribution in [0.4, 0.5) is 0 Å². The van der Waals surface area contributed by atoms with E-state index < -0.39 is 0 Å². The van der Waals surface area contributed by atoms with Gasteiger partial charge in [-0.25, -0.2) is 0 Å². The topological polar surface area (TPSA) is 26.0 Å². The van der Waals surface area contributed by atoms with Crippen LogP contribution >= 0.6 is 0 Å². The standard InChI is InChI=1S/C24H39N/c1-23-14-10-20-19-9-8-18(25)16-17(19)6-2-3-7-21(20)22(23)11-15-24(23)12-4-5-13-24/h3,7,17-22H,2,4-6,8-16,25H2,1H3. The van der Waals surface area contributed by atoms with Gasteiger partial charge in [-0.2, -0.15) is 0 Å². The minimum absolute atomic E-state index is 0.491. The van der Waals surface area contributed by atoms with Crippen molar-refractivity contribution in [2.75, 3.05) is 0 Å². The van der Waals surface area contributed by atoms with Crippen molar-refractivity contribution in [3.63, 3.8) is 0 Å². The van der Waals surface area contributed by atoms with E-state index >= 15 is 0 Å². The number of hydrogen-bond acceptors (Lipinski definition) is 1. The van der Waals surface area contributed by atoms with Crippen LogP contribution in [-0.2, 0) is 0 Å². The molecule has 0 aromatic heterocycles. The van der Waals surface area contributed by atoms with E-state index in [2.05, 4.69) is 19.1 Å². The Kier molecular flexibility index (Phi) is 4.12. The summed E-state index contributed by atoms with van der Waals surface area (Å²) < 4.78 is 0. The molecule has 0 aromatic carbocycles. The molecule has 5 rings (SSSR count). The van der Waals surface area contributed by atoms with Gasteiger partial charge in [0.05, 0.1) is 0 Å². The highest BCUT2D eigenvalue weighted by atomic mass is 14.7. The predicted octanol–water partition coefficient (Wildman–Crippen LogP) is 6.08. The van der Waals surface area contributed by atoms with Crippen LogP contribution in [0.25, 0.3) is 0 Å². The Morgan fingerprint density at radius 1 is 0.880 bits per heavy atom. The highest BCUT2D eigenvalue weighted by molar-refractivity contribution is 5.15. The van der Waals surface area contributed by atoms with Gasteiger partial charge < -0.3 is 5.73 Å². The third-order valence-corrected chi connectivity index (χ3v) is 10.2. The van der Waals surface area contributed by atoms with Crippen molar-refractivity contribution in [3.8, 4) is 0 Å². The van der Waals surface area contributed by atoms with Gasteiger partial charge in [0, 0.05) is 6.04 Å². The summed E-state index contributed by atoms with van der Waals surface area (Å²) in [5, 5.41) is 0. The van der Waals surface area contributed by atoms with Crippen LogP contribution in [0.2, 0.25) is 0 Å². The molecule has 1 nitrogen and oxygen atoms in total. The van der Waals surface area contributed by atoms with E-state index in [1.54, 1.807) is 19.3 Å². The van der Waals surface area contributed by atoms with Crippen molar-refractivity contribution < 1.29 is 0 Å². The summed E-state index contributed by atoms with van der Waals surface area (Å²) in [6.45, 7) is 2.73. The lowest BCUT2D eigenvalue weighted by Gasteiger charge is -2.55. The van der Waals surface area contributed by atoms with Crippen LogP contribution < -0.4 is 5.73 Å². The number of hydrogen-bond donors (Lipinski definition) is 1. The molecule has 0 saturated heterocycles. The largest absolute Gasteiger partial charge is 0.328 e. The molecule has 5 aliphatic rings. The Bertz CT molecular complexity index is 530. The third kappa shape index (κ3) is 2.43. The lowest BCUT2D eigenvalue weighted by atomic mass is 9.49. The molecule has 4 saturated carbocycles. The first-order valence-electron chi connectivity index (χ1n) is 11.6. The zero-order valence-electron chi connectivity index (χ0n) is 16.4. The summed E-state index contributed by atoms with van der Waals surface area (Å²) in [7, 11) is 0. The first kappa shape index (κ1) is 16.8.